The quantitative estimate of drug-likeness (QED) is 0.465. The third kappa shape index (κ3) is 6.61. The van der Waals surface area contributed by atoms with Crippen molar-refractivity contribution in [3.8, 4) is 0 Å². The molecule has 1 aliphatic heterocycles. The fourth-order valence-electron chi connectivity index (χ4n) is 4.19. The Morgan fingerprint density at radius 1 is 0.943 bits per heavy atom. The molecule has 0 spiro atoms. The summed E-state index contributed by atoms with van der Waals surface area (Å²) in [6.07, 6.45) is 2.18. The highest BCUT2D eigenvalue weighted by Gasteiger charge is 2.28. The third-order valence-electron chi connectivity index (χ3n) is 6.09. The van der Waals surface area contributed by atoms with E-state index in [0.717, 1.165) is 5.56 Å². The zero-order valence-electron chi connectivity index (χ0n) is 19.3. The van der Waals surface area contributed by atoms with Crippen LogP contribution >= 0.6 is 11.6 Å². The van der Waals surface area contributed by atoms with Gasteiger partial charge >= 0.3 is 11.8 Å². The number of hydrogen-bond donors (Lipinski definition) is 2. The lowest BCUT2D eigenvalue weighted by atomic mass is 10.1. The molecule has 1 aliphatic rings. The van der Waals surface area contributed by atoms with Gasteiger partial charge in [0.1, 0.15) is 11.6 Å². The maximum absolute atomic E-state index is 14.2. The normalized spacial score (nSPS) is 15.0. The largest absolute Gasteiger partial charge is 0.468 e. The van der Waals surface area contributed by atoms with E-state index in [1.165, 1.54) is 6.07 Å². The van der Waals surface area contributed by atoms with Gasteiger partial charge in [-0.2, -0.15) is 0 Å². The van der Waals surface area contributed by atoms with Crippen molar-refractivity contribution in [2.75, 3.05) is 44.2 Å². The van der Waals surface area contributed by atoms with Crippen LogP contribution in [0.2, 0.25) is 5.02 Å². The van der Waals surface area contributed by atoms with E-state index in [1.807, 2.05) is 29.2 Å². The van der Waals surface area contributed by atoms with Gasteiger partial charge in [0.05, 0.1) is 18.0 Å². The molecule has 0 saturated carbocycles. The predicted octanol–water partition coefficient (Wildman–Crippen LogP) is 3.41. The van der Waals surface area contributed by atoms with Crippen molar-refractivity contribution in [1.82, 2.24) is 15.5 Å². The van der Waals surface area contributed by atoms with Gasteiger partial charge in [-0.15, -0.1) is 0 Å². The lowest BCUT2D eigenvalue weighted by molar-refractivity contribution is -0.139. The molecular weight excluding hydrogens is 471 g/mol. The van der Waals surface area contributed by atoms with Gasteiger partial charge < -0.3 is 20.0 Å². The second kappa shape index (κ2) is 11.9. The Labute approximate surface area is 208 Å². The summed E-state index contributed by atoms with van der Waals surface area (Å²) in [6, 6.07) is 17.5. The maximum atomic E-state index is 14.2. The molecule has 1 fully saturated rings. The van der Waals surface area contributed by atoms with E-state index in [4.69, 9.17) is 16.0 Å². The van der Waals surface area contributed by atoms with Gasteiger partial charge in [0.25, 0.3) is 0 Å². The number of nitrogens with one attached hydrogen (secondary N) is 2. The summed E-state index contributed by atoms with van der Waals surface area (Å²) in [6.45, 7) is 3.14. The summed E-state index contributed by atoms with van der Waals surface area (Å²) in [5.41, 5.74) is 1.60. The Hall–Kier alpha value is -3.36. The number of piperazine rings is 1. The minimum Gasteiger partial charge on any atom is -0.468 e. The van der Waals surface area contributed by atoms with Crippen molar-refractivity contribution < 1.29 is 18.4 Å². The fraction of sp³-hybridized carbons (Fsp3) is 0.308. The Kier molecular flexibility index (Phi) is 8.39. The van der Waals surface area contributed by atoms with Crippen LogP contribution in [0.4, 0.5) is 10.1 Å². The number of hydrogen-bond acceptors (Lipinski definition) is 5. The highest BCUT2D eigenvalue weighted by Crippen LogP contribution is 2.25. The van der Waals surface area contributed by atoms with Gasteiger partial charge in [-0.3, -0.25) is 14.5 Å². The maximum Gasteiger partial charge on any atom is 0.309 e. The van der Waals surface area contributed by atoms with Crippen molar-refractivity contribution in [3.05, 3.63) is 89.1 Å². The lowest BCUT2D eigenvalue weighted by Crippen LogP contribution is -2.51. The van der Waals surface area contributed by atoms with E-state index in [1.54, 1.807) is 36.6 Å². The summed E-state index contributed by atoms with van der Waals surface area (Å²) in [5.74, 6) is -0.908. The van der Waals surface area contributed by atoms with Gasteiger partial charge in [-0.05, 0) is 48.4 Å². The predicted molar refractivity (Wildman–Crippen MR) is 133 cm³/mol. The second-order valence-corrected chi connectivity index (χ2v) is 8.78. The molecule has 2 N–H and O–H groups in total. The standard InChI is InChI=1S/C26H28ClFN4O3/c27-20-9-7-19(8-10-20)11-12-29-25(33)26(34)30-18-23(24-6-3-17-35-24)32-15-13-31(14-16-32)22-5-2-1-4-21(22)28/h1-10,17,23H,11-16,18H2,(H,29,33)(H,30,34)/t23-/m0/s1. The molecule has 4 rings (SSSR count). The summed E-state index contributed by atoms with van der Waals surface area (Å²) in [5, 5.41) is 6.03. The highest BCUT2D eigenvalue weighted by atomic mass is 35.5. The van der Waals surface area contributed by atoms with Gasteiger partial charge in [0, 0.05) is 44.3 Å². The molecule has 35 heavy (non-hydrogen) atoms. The summed E-state index contributed by atoms with van der Waals surface area (Å²) < 4.78 is 19.8. The zero-order chi connectivity index (χ0) is 24.6. The number of halogens is 2. The molecule has 184 valence electrons. The van der Waals surface area contributed by atoms with Crippen molar-refractivity contribution in [2.45, 2.75) is 12.5 Å². The second-order valence-electron chi connectivity index (χ2n) is 8.35. The highest BCUT2D eigenvalue weighted by molar-refractivity contribution is 6.35. The van der Waals surface area contributed by atoms with Crippen LogP contribution in [0, 0.1) is 5.82 Å². The average molecular weight is 499 g/mol. The summed E-state index contributed by atoms with van der Waals surface area (Å²) in [4.78, 5) is 28.9. The minimum atomic E-state index is -0.692. The van der Waals surface area contributed by atoms with Crippen molar-refractivity contribution >= 4 is 29.1 Å². The van der Waals surface area contributed by atoms with Gasteiger partial charge in [0.2, 0.25) is 0 Å². The first-order valence-corrected chi connectivity index (χ1v) is 12.0. The molecular formula is C26H28ClFN4O3. The molecule has 2 aromatic carbocycles. The Morgan fingerprint density at radius 3 is 2.34 bits per heavy atom. The van der Waals surface area contributed by atoms with E-state index in [0.29, 0.717) is 55.6 Å². The number of furan rings is 1. The van der Waals surface area contributed by atoms with Gasteiger partial charge in [0.15, 0.2) is 0 Å². The Balaban J connectivity index is 1.28. The van der Waals surface area contributed by atoms with Crippen LogP contribution in [0.15, 0.2) is 71.3 Å². The number of anilines is 1. The Bertz CT molecular complexity index is 1120. The van der Waals surface area contributed by atoms with E-state index in [-0.39, 0.29) is 18.4 Å². The molecule has 2 heterocycles. The van der Waals surface area contributed by atoms with Crippen LogP contribution in [0.25, 0.3) is 0 Å². The van der Waals surface area contributed by atoms with Crippen LogP contribution in [0.3, 0.4) is 0 Å². The van der Waals surface area contributed by atoms with Crippen LogP contribution < -0.4 is 15.5 Å². The Morgan fingerprint density at radius 2 is 1.66 bits per heavy atom. The first-order chi connectivity index (χ1) is 17.0. The molecule has 0 aliphatic carbocycles. The molecule has 0 unspecified atom stereocenters. The number of amides is 2. The number of carbonyl (C=O) groups excluding carboxylic acids is 2. The van der Waals surface area contributed by atoms with E-state index in [9.17, 15) is 14.0 Å². The van der Waals surface area contributed by atoms with E-state index in [2.05, 4.69) is 15.5 Å². The summed E-state index contributed by atoms with van der Waals surface area (Å²) >= 11 is 5.88. The number of carbonyl (C=O) groups is 2. The molecule has 9 heteroatoms. The molecule has 1 saturated heterocycles. The van der Waals surface area contributed by atoms with Gasteiger partial charge in [-0.1, -0.05) is 35.9 Å². The van der Waals surface area contributed by atoms with Gasteiger partial charge in [-0.25, -0.2) is 4.39 Å². The summed E-state index contributed by atoms with van der Waals surface area (Å²) in [7, 11) is 0. The fourth-order valence-corrected chi connectivity index (χ4v) is 4.32. The van der Waals surface area contributed by atoms with Crippen LogP contribution in [0.1, 0.15) is 17.4 Å². The average Bonchev–Trinajstić information content (AvgIpc) is 3.41. The SMILES string of the molecule is O=C(NCCc1ccc(Cl)cc1)C(=O)NC[C@@H](c1ccco1)N1CCN(c2ccccc2F)CC1. The number of benzene rings is 2. The van der Waals surface area contributed by atoms with Crippen molar-refractivity contribution in [2.24, 2.45) is 0 Å². The molecule has 1 aromatic heterocycles. The monoisotopic (exact) mass is 498 g/mol. The lowest BCUT2D eigenvalue weighted by Gasteiger charge is -2.39. The van der Waals surface area contributed by atoms with Crippen molar-refractivity contribution in [1.29, 1.82) is 0 Å². The van der Waals surface area contributed by atoms with E-state index >= 15 is 0 Å². The first-order valence-electron chi connectivity index (χ1n) is 11.6. The minimum absolute atomic E-state index is 0.219. The molecule has 2 amide bonds. The van der Waals surface area contributed by atoms with Crippen LogP contribution in [-0.2, 0) is 16.0 Å². The van der Waals surface area contributed by atoms with Crippen LogP contribution in [0.5, 0.6) is 0 Å². The third-order valence-corrected chi connectivity index (χ3v) is 6.35. The molecule has 3 aromatic rings. The van der Waals surface area contributed by atoms with E-state index < -0.39 is 11.8 Å². The number of para-hydroxylation sites is 1. The molecule has 1 atom stereocenters. The number of rotatable bonds is 8. The number of nitrogens with zero attached hydrogens (tertiary/aromatic N) is 2. The molecule has 0 radical (unpaired) electrons. The molecule has 0 bridgehead atoms. The first kappa shape index (κ1) is 24.8. The van der Waals surface area contributed by atoms with Crippen molar-refractivity contribution in [3.63, 3.8) is 0 Å². The topological polar surface area (TPSA) is 77.8 Å². The zero-order valence-corrected chi connectivity index (χ0v) is 20.0. The smallest absolute Gasteiger partial charge is 0.309 e. The van der Waals surface area contributed by atoms with Crippen LogP contribution in [-0.4, -0.2) is 56.0 Å². The molecule has 7 nitrogen and oxygen atoms in total.